The van der Waals surface area contributed by atoms with E-state index in [9.17, 15) is 4.79 Å². The minimum Gasteiger partial charge on any atom is -0.497 e. The van der Waals surface area contributed by atoms with Crippen molar-refractivity contribution < 1.29 is 14.3 Å². The zero-order valence-corrected chi connectivity index (χ0v) is 18.7. The van der Waals surface area contributed by atoms with Gasteiger partial charge in [-0.25, -0.2) is 4.68 Å². The molecular weight excluding hydrogens is 426 g/mol. The summed E-state index contributed by atoms with van der Waals surface area (Å²) in [5.74, 6) is 2.75. The van der Waals surface area contributed by atoms with Crippen molar-refractivity contribution in [1.82, 2.24) is 19.7 Å². The molecule has 1 aromatic carbocycles. The fraction of sp³-hybridized carbons (Fsp3) is 0.304. The van der Waals surface area contributed by atoms with Crippen molar-refractivity contribution in [2.45, 2.75) is 36.2 Å². The Hall–Kier alpha value is -3.33. The third-order valence-electron chi connectivity index (χ3n) is 5.66. The van der Waals surface area contributed by atoms with Crippen LogP contribution in [0, 0.1) is 0 Å². The number of carbonyl (C=O) groups is 1. The summed E-state index contributed by atoms with van der Waals surface area (Å²) in [6, 6.07) is 11.1. The summed E-state index contributed by atoms with van der Waals surface area (Å²) in [7, 11) is 3.23. The highest BCUT2D eigenvalue weighted by atomic mass is 32.2. The molecule has 2 aromatic heterocycles. The maximum absolute atomic E-state index is 13.0. The van der Waals surface area contributed by atoms with E-state index >= 15 is 0 Å². The van der Waals surface area contributed by atoms with Crippen molar-refractivity contribution in [3.63, 3.8) is 0 Å². The van der Waals surface area contributed by atoms with Crippen LogP contribution in [0.15, 0.2) is 59.0 Å². The monoisotopic (exact) mass is 449 g/mol. The second-order valence-corrected chi connectivity index (χ2v) is 8.52. The number of fused-ring (bicyclic) bond motifs is 1. The predicted molar refractivity (Wildman–Crippen MR) is 121 cm³/mol. The van der Waals surface area contributed by atoms with Crippen LogP contribution in [0.2, 0.25) is 0 Å². The van der Waals surface area contributed by atoms with Crippen LogP contribution < -0.4 is 14.8 Å². The largest absolute Gasteiger partial charge is 0.497 e. The topological polar surface area (TPSA) is 91.2 Å². The van der Waals surface area contributed by atoms with E-state index in [1.54, 1.807) is 25.1 Å². The molecule has 1 aliphatic heterocycles. The number of nitrogens with zero attached hydrogens (tertiary/aromatic N) is 4. The van der Waals surface area contributed by atoms with Crippen LogP contribution in [0.4, 0.5) is 5.95 Å². The molecule has 0 spiro atoms. The highest BCUT2D eigenvalue weighted by Crippen LogP contribution is 2.44. The van der Waals surface area contributed by atoms with Gasteiger partial charge in [-0.05, 0) is 37.1 Å². The van der Waals surface area contributed by atoms with Gasteiger partial charge in [-0.15, -0.1) is 5.10 Å². The first kappa shape index (κ1) is 20.6. The maximum Gasteiger partial charge on any atom is 0.227 e. The quantitative estimate of drug-likeness (QED) is 0.565. The maximum atomic E-state index is 13.0. The van der Waals surface area contributed by atoms with E-state index in [-0.39, 0.29) is 5.78 Å². The van der Waals surface area contributed by atoms with Crippen LogP contribution in [0.5, 0.6) is 11.5 Å². The average Bonchev–Trinajstić information content (AvgIpc) is 3.24. The first-order valence-electron chi connectivity index (χ1n) is 10.4. The number of ether oxygens (including phenoxy) is 2. The summed E-state index contributed by atoms with van der Waals surface area (Å²) in [6.07, 6.45) is 3.94. The van der Waals surface area contributed by atoms with Gasteiger partial charge in [0, 0.05) is 41.3 Å². The Morgan fingerprint density at radius 3 is 2.88 bits per heavy atom. The van der Waals surface area contributed by atoms with Crippen molar-refractivity contribution in [3.05, 3.63) is 65.1 Å². The molecule has 3 aromatic rings. The number of aromatic nitrogens is 4. The van der Waals surface area contributed by atoms with E-state index in [0.717, 1.165) is 35.4 Å². The van der Waals surface area contributed by atoms with Crippen LogP contribution in [-0.2, 0) is 10.5 Å². The van der Waals surface area contributed by atoms with E-state index in [1.807, 2.05) is 36.4 Å². The third-order valence-corrected chi connectivity index (χ3v) is 6.53. The summed E-state index contributed by atoms with van der Waals surface area (Å²) in [5, 5.41) is 8.76. The predicted octanol–water partition coefficient (Wildman–Crippen LogP) is 4.00. The number of carbonyl (C=O) groups excluding carboxylic acids is 1. The smallest absolute Gasteiger partial charge is 0.227 e. The zero-order chi connectivity index (χ0) is 22.1. The molecule has 1 N–H and O–H groups in total. The molecule has 9 heteroatoms. The molecule has 1 aliphatic carbocycles. The van der Waals surface area contributed by atoms with E-state index in [2.05, 4.69) is 10.3 Å². The molecule has 1 atom stereocenters. The Kier molecular flexibility index (Phi) is 5.57. The van der Waals surface area contributed by atoms with Crippen LogP contribution in [0.3, 0.4) is 0 Å². The fourth-order valence-corrected chi connectivity index (χ4v) is 4.90. The minimum absolute atomic E-state index is 0.130. The molecule has 5 rings (SSSR count). The molecule has 3 heterocycles. The fourth-order valence-electron chi connectivity index (χ4n) is 4.15. The van der Waals surface area contributed by atoms with Gasteiger partial charge in [0.1, 0.15) is 17.5 Å². The molecule has 0 amide bonds. The second-order valence-electron chi connectivity index (χ2n) is 7.58. The van der Waals surface area contributed by atoms with Gasteiger partial charge in [-0.3, -0.25) is 9.78 Å². The molecular formula is C23H23N5O3S. The van der Waals surface area contributed by atoms with Gasteiger partial charge in [-0.2, -0.15) is 4.98 Å². The third kappa shape index (κ3) is 3.73. The van der Waals surface area contributed by atoms with Gasteiger partial charge >= 0.3 is 0 Å². The molecule has 32 heavy (non-hydrogen) atoms. The van der Waals surface area contributed by atoms with E-state index in [1.165, 1.54) is 11.8 Å². The minimum atomic E-state index is -0.411. The molecule has 0 saturated heterocycles. The lowest BCUT2D eigenvalue weighted by Gasteiger charge is -2.32. The molecule has 0 fully saturated rings. The van der Waals surface area contributed by atoms with Gasteiger partial charge in [0.2, 0.25) is 11.1 Å². The number of ketones is 1. The lowest BCUT2D eigenvalue weighted by molar-refractivity contribution is -0.116. The van der Waals surface area contributed by atoms with Crippen molar-refractivity contribution in [2.75, 3.05) is 19.5 Å². The van der Waals surface area contributed by atoms with Crippen LogP contribution in [0.1, 0.15) is 36.6 Å². The van der Waals surface area contributed by atoms with Gasteiger partial charge in [-0.1, -0.05) is 17.8 Å². The van der Waals surface area contributed by atoms with Gasteiger partial charge in [0.15, 0.2) is 5.78 Å². The lowest BCUT2D eigenvalue weighted by atomic mass is 9.85. The highest BCUT2D eigenvalue weighted by Gasteiger charge is 2.38. The van der Waals surface area contributed by atoms with Crippen molar-refractivity contribution in [2.24, 2.45) is 0 Å². The lowest BCUT2D eigenvalue weighted by Crippen LogP contribution is -2.31. The number of Topliss-reactive ketones (excluding diaryl/α,β-unsaturated/α-hetero) is 1. The van der Waals surface area contributed by atoms with Gasteiger partial charge in [0.25, 0.3) is 0 Å². The van der Waals surface area contributed by atoms with Crippen molar-refractivity contribution in [3.8, 4) is 11.5 Å². The summed E-state index contributed by atoms with van der Waals surface area (Å²) in [5.41, 5.74) is 3.47. The molecule has 164 valence electrons. The first-order valence-corrected chi connectivity index (χ1v) is 11.4. The normalized spacial score (nSPS) is 17.4. The summed E-state index contributed by atoms with van der Waals surface area (Å²) >= 11 is 1.51. The molecule has 8 nitrogen and oxygen atoms in total. The van der Waals surface area contributed by atoms with Gasteiger partial charge in [0.05, 0.1) is 19.9 Å². The van der Waals surface area contributed by atoms with E-state index in [0.29, 0.717) is 34.8 Å². The number of pyridine rings is 1. The molecule has 2 aliphatic rings. The van der Waals surface area contributed by atoms with Crippen molar-refractivity contribution >= 4 is 23.5 Å². The summed E-state index contributed by atoms with van der Waals surface area (Å²) < 4.78 is 12.8. The molecule has 0 saturated carbocycles. The summed E-state index contributed by atoms with van der Waals surface area (Å²) in [4.78, 5) is 22.1. The van der Waals surface area contributed by atoms with E-state index in [4.69, 9.17) is 19.6 Å². The Morgan fingerprint density at radius 2 is 2.09 bits per heavy atom. The number of allylic oxidation sites excluding steroid dienone is 2. The standard InChI is InChI=1S/C23H23N5O3S/c1-30-15-9-10-16(19(12-15)31-2)21-20-17(7-5-8-18(20)29)25-22-26-23(27-28(21)22)32-13-14-6-3-4-11-24-14/h3-4,6,9-12,21H,5,7-8,13H2,1-2H3,(H,25,26,27)/t21-/m1/s1. The van der Waals surface area contributed by atoms with Crippen LogP contribution >= 0.6 is 11.8 Å². The van der Waals surface area contributed by atoms with Gasteiger partial charge < -0.3 is 14.8 Å². The number of rotatable bonds is 6. The molecule has 0 unspecified atom stereocenters. The van der Waals surface area contributed by atoms with E-state index < -0.39 is 6.04 Å². The number of nitrogens with one attached hydrogen (secondary N) is 1. The number of methoxy groups -OCH3 is 2. The Morgan fingerprint density at radius 1 is 1.19 bits per heavy atom. The van der Waals surface area contributed by atoms with Crippen molar-refractivity contribution in [1.29, 1.82) is 0 Å². The number of benzene rings is 1. The average molecular weight is 450 g/mol. The number of hydrogen-bond donors (Lipinski definition) is 1. The Bertz CT molecular complexity index is 1190. The number of anilines is 1. The van der Waals surface area contributed by atoms with Crippen LogP contribution in [0.25, 0.3) is 0 Å². The number of hydrogen-bond acceptors (Lipinski definition) is 8. The Balaban J connectivity index is 1.56. The highest BCUT2D eigenvalue weighted by molar-refractivity contribution is 7.98. The molecule has 0 radical (unpaired) electrons. The number of thioether (sulfide) groups is 1. The van der Waals surface area contributed by atoms with Crippen LogP contribution in [-0.4, -0.2) is 39.8 Å². The SMILES string of the molecule is COc1ccc([C@@H]2C3=C(CCCC3=O)Nc3nc(SCc4ccccn4)nn32)c(OC)c1. The molecule has 0 bridgehead atoms. The first-order chi connectivity index (χ1) is 15.7. The summed E-state index contributed by atoms with van der Waals surface area (Å²) in [6.45, 7) is 0. The Labute approximate surface area is 190 Å². The second kappa shape index (κ2) is 8.66. The zero-order valence-electron chi connectivity index (χ0n) is 17.9.